The van der Waals surface area contributed by atoms with Gasteiger partial charge in [-0.25, -0.2) is 4.98 Å². The molecule has 1 N–H and O–H groups in total. The zero-order valence-corrected chi connectivity index (χ0v) is 11.5. The Morgan fingerprint density at radius 3 is 2.38 bits per heavy atom. The fourth-order valence-corrected chi connectivity index (χ4v) is 2.02. The number of benzene rings is 1. The van der Waals surface area contributed by atoms with E-state index in [2.05, 4.69) is 9.97 Å². The minimum atomic E-state index is -0.179. The molecule has 16 heavy (non-hydrogen) atoms. The van der Waals surface area contributed by atoms with Crippen LogP contribution >= 0.6 is 45.8 Å². The average molecular weight is 367 g/mol. The molecule has 3 nitrogen and oxygen atoms in total. The van der Waals surface area contributed by atoms with Gasteiger partial charge in [-0.05, 0) is 40.8 Å². The summed E-state index contributed by atoms with van der Waals surface area (Å²) in [7, 11) is 0. The molecule has 0 spiro atoms. The first-order valence-corrected chi connectivity index (χ1v) is 6.11. The van der Waals surface area contributed by atoms with Crippen molar-refractivity contribution >= 4 is 45.8 Å². The van der Waals surface area contributed by atoms with E-state index in [1.807, 2.05) is 22.6 Å². The van der Waals surface area contributed by atoms with E-state index in [1.54, 1.807) is 18.2 Å². The fourth-order valence-electron chi connectivity index (χ4n) is 1.22. The maximum absolute atomic E-state index is 11.4. The molecule has 2 rings (SSSR count). The van der Waals surface area contributed by atoms with Crippen LogP contribution in [0.4, 0.5) is 0 Å². The zero-order valence-electron chi connectivity index (χ0n) is 7.80. The minimum absolute atomic E-state index is 0.179. The van der Waals surface area contributed by atoms with E-state index in [9.17, 15) is 4.79 Å². The third-order valence-electron chi connectivity index (χ3n) is 1.89. The quantitative estimate of drug-likeness (QED) is 0.786. The molecule has 0 saturated heterocycles. The molecule has 6 heteroatoms. The minimum Gasteiger partial charge on any atom is -0.306 e. The molecule has 0 aliphatic rings. The Labute approximate surface area is 115 Å². The molecule has 82 valence electrons. The summed E-state index contributed by atoms with van der Waals surface area (Å²) < 4.78 is 0.537. The highest BCUT2D eigenvalue weighted by Gasteiger charge is 2.05. The predicted octanol–water partition coefficient (Wildman–Crippen LogP) is 3.35. The Balaban J connectivity index is 2.58. The summed E-state index contributed by atoms with van der Waals surface area (Å²) in [6, 6.07) is 5.01. The second-order valence-corrected chi connectivity index (χ2v) is 5.10. The Hall–Kier alpha value is -0.590. The topological polar surface area (TPSA) is 45.8 Å². The van der Waals surface area contributed by atoms with Crippen molar-refractivity contribution < 1.29 is 0 Å². The van der Waals surface area contributed by atoms with Crippen LogP contribution in [0.3, 0.4) is 0 Å². The summed E-state index contributed by atoms with van der Waals surface area (Å²) in [5.74, 6) is 0.454. The van der Waals surface area contributed by atoms with Gasteiger partial charge in [-0.15, -0.1) is 0 Å². The van der Waals surface area contributed by atoms with Crippen molar-refractivity contribution in [3.8, 4) is 11.4 Å². The molecule has 0 aliphatic carbocycles. The Morgan fingerprint density at radius 2 is 1.81 bits per heavy atom. The molecule has 0 bridgehead atoms. The van der Waals surface area contributed by atoms with Crippen LogP contribution in [0.5, 0.6) is 0 Å². The van der Waals surface area contributed by atoms with Crippen molar-refractivity contribution in [3.05, 3.63) is 48.4 Å². The number of aromatic amines is 1. The summed E-state index contributed by atoms with van der Waals surface area (Å²) in [4.78, 5) is 18.2. The first-order chi connectivity index (χ1) is 7.56. The van der Waals surface area contributed by atoms with Gasteiger partial charge in [-0.1, -0.05) is 23.2 Å². The van der Waals surface area contributed by atoms with Gasteiger partial charge in [0.05, 0.1) is 3.57 Å². The zero-order chi connectivity index (χ0) is 11.7. The number of rotatable bonds is 1. The van der Waals surface area contributed by atoms with Crippen LogP contribution in [0.2, 0.25) is 10.0 Å². The molecule has 0 aliphatic heterocycles. The lowest BCUT2D eigenvalue weighted by molar-refractivity contribution is 1.11. The number of H-pyrrole nitrogens is 1. The third kappa shape index (κ3) is 2.56. The molecule has 0 amide bonds. The summed E-state index contributed by atoms with van der Waals surface area (Å²) in [6.45, 7) is 0. The third-order valence-corrected chi connectivity index (χ3v) is 3.10. The van der Waals surface area contributed by atoms with Crippen LogP contribution in [-0.2, 0) is 0 Å². The molecule has 0 saturated carbocycles. The molecule has 2 aromatic rings. The smallest absolute Gasteiger partial charge is 0.264 e. The highest BCUT2D eigenvalue weighted by Crippen LogP contribution is 2.24. The van der Waals surface area contributed by atoms with E-state index >= 15 is 0 Å². The Morgan fingerprint density at radius 1 is 1.19 bits per heavy atom. The van der Waals surface area contributed by atoms with Crippen molar-refractivity contribution in [2.75, 3.05) is 0 Å². The summed E-state index contributed by atoms with van der Waals surface area (Å²) in [5.41, 5.74) is 0.507. The summed E-state index contributed by atoms with van der Waals surface area (Å²) in [6.07, 6.45) is 1.50. The largest absolute Gasteiger partial charge is 0.306 e. The molecule has 0 radical (unpaired) electrons. The number of aromatic nitrogens is 2. The predicted molar refractivity (Wildman–Crippen MR) is 73.0 cm³/mol. The fraction of sp³-hybridized carbons (Fsp3) is 0. The summed E-state index contributed by atoms with van der Waals surface area (Å²) in [5, 5.41) is 1.01. The first kappa shape index (κ1) is 11.9. The Kier molecular flexibility index (Phi) is 3.51. The van der Waals surface area contributed by atoms with Crippen LogP contribution in [0.15, 0.2) is 29.2 Å². The number of hydrogen-bond donors (Lipinski definition) is 1. The summed E-state index contributed by atoms with van der Waals surface area (Å²) >= 11 is 13.6. The van der Waals surface area contributed by atoms with E-state index in [-0.39, 0.29) is 5.56 Å². The van der Waals surface area contributed by atoms with Gasteiger partial charge in [0.2, 0.25) is 0 Å². The van der Waals surface area contributed by atoms with E-state index in [1.165, 1.54) is 6.20 Å². The van der Waals surface area contributed by atoms with Crippen LogP contribution < -0.4 is 5.56 Å². The molecule has 0 unspecified atom stereocenters. The SMILES string of the molecule is O=c1[nH]c(-c2cc(Cl)cc(Cl)c2)ncc1I. The van der Waals surface area contributed by atoms with Crippen molar-refractivity contribution in [1.82, 2.24) is 9.97 Å². The van der Waals surface area contributed by atoms with E-state index in [0.717, 1.165) is 0 Å². The van der Waals surface area contributed by atoms with Gasteiger partial charge in [0.1, 0.15) is 5.82 Å². The highest BCUT2D eigenvalue weighted by molar-refractivity contribution is 14.1. The maximum Gasteiger partial charge on any atom is 0.264 e. The van der Waals surface area contributed by atoms with E-state index in [0.29, 0.717) is 25.0 Å². The molecule has 0 atom stereocenters. The van der Waals surface area contributed by atoms with Gasteiger partial charge >= 0.3 is 0 Å². The molecule has 1 heterocycles. The van der Waals surface area contributed by atoms with Crippen LogP contribution in [0.25, 0.3) is 11.4 Å². The van der Waals surface area contributed by atoms with Gasteiger partial charge in [0, 0.05) is 21.8 Å². The van der Waals surface area contributed by atoms with Crippen molar-refractivity contribution in [3.63, 3.8) is 0 Å². The monoisotopic (exact) mass is 366 g/mol. The van der Waals surface area contributed by atoms with Crippen molar-refractivity contribution in [2.24, 2.45) is 0 Å². The van der Waals surface area contributed by atoms with E-state index in [4.69, 9.17) is 23.2 Å². The van der Waals surface area contributed by atoms with Crippen LogP contribution in [0, 0.1) is 3.57 Å². The number of nitrogens with one attached hydrogen (secondary N) is 1. The Bertz CT molecular complexity index is 577. The highest BCUT2D eigenvalue weighted by atomic mass is 127. The lowest BCUT2D eigenvalue weighted by atomic mass is 10.2. The van der Waals surface area contributed by atoms with Gasteiger partial charge < -0.3 is 4.98 Å². The van der Waals surface area contributed by atoms with Gasteiger partial charge in [0.25, 0.3) is 5.56 Å². The van der Waals surface area contributed by atoms with E-state index < -0.39 is 0 Å². The number of nitrogens with zero attached hydrogens (tertiary/aromatic N) is 1. The van der Waals surface area contributed by atoms with Gasteiger partial charge in [-0.3, -0.25) is 4.79 Å². The second kappa shape index (κ2) is 4.73. The molecular weight excluding hydrogens is 362 g/mol. The molecule has 0 fully saturated rings. The second-order valence-electron chi connectivity index (χ2n) is 3.07. The van der Waals surface area contributed by atoms with Crippen molar-refractivity contribution in [1.29, 1.82) is 0 Å². The lowest BCUT2D eigenvalue weighted by Gasteiger charge is -2.02. The van der Waals surface area contributed by atoms with Crippen molar-refractivity contribution in [2.45, 2.75) is 0 Å². The number of halogens is 3. The molecular formula is C10H5Cl2IN2O. The lowest BCUT2D eigenvalue weighted by Crippen LogP contribution is -2.11. The van der Waals surface area contributed by atoms with Crippen LogP contribution in [-0.4, -0.2) is 9.97 Å². The average Bonchev–Trinajstić information content (AvgIpc) is 2.20. The van der Waals surface area contributed by atoms with Crippen LogP contribution in [0.1, 0.15) is 0 Å². The molecule has 1 aromatic carbocycles. The normalized spacial score (nSPS) is 10.4. The maximum atomic E-state index is 11.4. The van der Waals surface area contributed by atoms with Gasteiger partial charge in [0.15, 0.2) is 0 Å². The number of hydrogen-bond acceptors (Lipinski definition) is 2. The first-order valence-electron chi connectivity index (χ1n) is 4.27. The van der Waals surface area contributed by atoms with Gasteiger partial charge in [-0.2, -0.15) is 0 Å². The molecule has 1 aromatic heterocycles. The standard InChI is InChI=1S/C10H5Cl2IN2O/c11-6-1-5(2-7(12)3-6)9-14-4-8(13)10(16)15-9/h1-4H,(H,14,15,16).